The Hall–Kier alpha value is -3.48. The van der Waals surface area contributed by atoms with Crippen LogP contribution in [-0.4, -0.2) is 34.8 Å². The van der Waals surface area contributed by atoms with Crippen LogP contribution >= 0.6 is 0 Å². The van der Waals surface area contributed by atoms with Crippen molar-refractivity contribution in [1.29, 1.82) is 0 Å². The second-order valence-electron chi connectivity index (χ2n) is 7.14. The number of benzene rings is 2. The van der Waals surface area contributed by atoms with Crippen LogP contribution in [0, 0.1) is 5.92 Å². The summed E-state index contributed by atoms with van der Waals surface area (Å²) in [6, 6.07) is 14.8. The molecule has 2 aromatic carbocycles. The van der Waals surface area contributed by atoms with E-state index in [9.17, 15) is 19.2 Å². The molecule has 0 bridgehead atoms. The summed E-state index contributed by atoms with van der Waals surface area (Å²) in [5.74, 6) is -2.86. The summed E-state index contributed by atoms with van der Waals surface area (Å²) in [5, 5.41) is 3.11. The summed E-state index contributed by atoms with van der Waals surface area (Å²) in [6.45, 7) is 3.48. The van der Waals surface area contributed by atoms with E-state index in [2.05, 4.69) is 5.32 Å². The van der Waals surface area contributed by atoms with E-state index in [1.54, 1.807) is 26.0 Å². The van der Waals surface area contributed by atoms with Gasteiger partial charge in [-0.25, -0.2) is 4.79 Å². The summed E-state index contributed by atoms with van der Waals surface area (Å²) >= 11 is 0. The van der Waals surface area contributed by atoms with E-state index in [4.69, 9.17) is 4.84 Å². The van der Waals surface area contributed by atoms with Gasteiger partial charge < -0.3 is 10.2 Å². The zero-order valence-electron chi connectivity index (χ0n) is 16.3. The number of nitrogens with one attached hydrogen (secondary N) is 1. The summed E-state index contributed by atoms with van der Waals surface area (Å²) in [7, 11) is 0. The maximum absolute atomic E-state index is 12.6. The van der Waals surface area contributed by atoms with Crippen LogP contribution in [0.2, 0.25) is 0 Å². The number of hydrogen-bond acceptors (Lipinski definition) is 5. The summed E-state index contributed by atoms with van der Waals surface area (Å²) in [4.78, 5) is 54.7. The average Bonchev–Trinajstić information content (AvgIpc) is 2.96. The molecule has 0 spiro atoms. The molecule has 7 nitrogen and oxygen atoms in total. The zero-order valence-corrected chi connectivity index (χ0v) is 16.3. The van der Waals surface area contributed by atoms with Crippen molar-refractivity contribution in [3.63, 3.8) is 0 Å². The lowest BCUT2D eigenvalue weighted by atomic mass is 10.0. The summed E-state index contributed by atoms with van der Waals surface area (Å²) < 4.78 is 0. The third-order valence-corrected chi connectivity index (χ3v) is 4.66. The second-order valence-corrected chi connectivity index (χ2v) is 7.14. The van der Waals surface area contributed by atoms with Gasteiger partial charge in [0, 0.05) is 6.42 Å². The Labute approximate surface area is 168 Å². The lowest BCUT2D eigenvalue weighted by Crippen LogP contribution is -2.48. The Morgan fingerprint density at radius 3 is 2.03 bits per heavy atom. The minimum Gasteiger partial charge on any atom is -0.342 e. The molecule has 0 fully saturated rings. The first-order chi connectivity index (χ1) is 13.9. The Balaban J connectivity index is 1.62. The molecule has 1 aliphatic heterocycles. The number of rotatable bonds is 7. The van der Waals surface area contributed by atoms with Crippen molar-refractivity contribution in [2.24, 2.45) is 5.92 Å². The molecule has 0 saturated carbocycles. The van der Waals surface area contributed by atoms with Crippen LogP contribution in [-0.2, 0) is 20.8 Å². The fourth-order valence-electron chi connectivity index (χ4n) is 3.04. The second kappa shape index (κ2) is 8.68. The van der Waals surface area contributed by atoms with Gasteiger partial charge in [-0.2, -0.15) is 0 Å². The van der Waals surface area contributed by atoms with Crippen molar-refractivity contribution < 1.29 is 24.0 Å². The predicted octanol–water partition coefficient (Wildman–Crippen LogP) is 2.51. The molecule has 29 heavy (non-hydrogen) atoms. The maximum Gasteiger partial charge on any atom is 0.355 e. The van der Waals surface area contributed by atoms with Crippen LogP contribution in [0.3, 0.4) is 0 Å². The van der Waals surface area contributed by atoms with Gasteiger partial charge in [-0.05, 0) is 30.0 Å². The Morgan fingerprint density at radius 2 is 1.48 bits per heavy atom. The van der Waals surface area contributed by atoms with E-state index in [0.29, 0.717) is 11.5 Å². The topological polar surface area (TPSA) is 92.8 Å². The summed E-state index contributed by atoms with van der Waals surface area (Å²) in [5.41, 5.74) is 1.37. The first-order valence-corrected chi connectivity index (χ1v) is 9.41. The molecule has 1 unspecified atom stereocenters. The molecule has 1 heterocycles. The fraction of sp³-hybridized carbons (Fsp3) is 0.273. The molecule has 2 aromatic rings. The Kier molecular flexibility index (Phi) is 6.07. The molecule has 3 amide bonds. The number of imide groups is 1. The SMILES string of the molecule is CC(C)C(NC(=O)CCc1ccccc1)C(=O)ON1C(=O)c2ccccc2C1=O. The van der Waals surface area contributed by atoms with Crippen molar-refractivity contribution in [2.75, 3.05) is 0 Å². The van der Waals surface area contributed by atoms with E-state index >= 15 is 0 Å². The molecule has 1 N–H and O–H groups in total. The number of carbonyl (C=O) groups excluding carboxylic acids is 4. The average molecular weight is 394 g/mol. The molecule has 1 atom stereocenters. The molecule has 0 aliphatic carbocycles. The van der Waals surface area contributed by atoms with Crippen LogP contribution in [0.4, 0.5) is 0 Å². The first kappa shape index (κ1) is 20.3. The smallest absolute Gasteiger partial charge is 0.342 e. The van der Waals surface area contributed by atoms with Gasteiger partial charge in [0.25, 0.3) is 11.8 Å². The highest BCUT2D eigenvalue weighted by Crippen LogP contribution is 2.23. The minimum atomic E-state index is -0.984. The monoisotopic (exact) mass is 394 g/mol. The van der Waals surface area contributed by atoms with Gasteiger partial charge in [0.15, 0.2) is 0 Å². The largest absolute Gasteiger partial charge is 0.355 e. The number of fused-ring (bicyclic) bond motifs is 1. The van der Waals surface area contributed by atoms with Gasteiger partial charge in [-0.15, -0.1) is 0 Å². The maximum atomic E-state index is 12.6. The van der Waals surface area contributed by atoms with Crippen molar-refractivity contribution in [2.45, 2.75) is 32.7 Å². The van der Waals surface area contributed by atoms with E-state index in [0.717, 1.165) is 5.56 Å². The zero-order chi connectivity index (χ0) is 21.0. The highest BCUT2D eigenvalue weighted by atomic mass is 16.7. The normalized spacial score (nSPS) is 14.0. The minimum absolute atomic E-state index is 0.179. The van der Waals surface area contributed by atoms with Gasteiger partial charge >= 0.3 is 5.97 Å². The lowest BCUT2D eigenvalue weighted by molar-refractivity contribution is -0.173. The number of nitrogens with zero attached hydrogens (tertiary/aromatic N) is 1. The van der Waals surface area contributed by atoms with Crippen LogP contribution < -0.4 is 5.32 Å². The van der Waals surface area contributed by atoms with Gasteiger partial charge in [-0.1, -0.05) is 61.4 Å². The number of amides is 3. The van der Waals surface area contributed by atoms with E-state index in [1.165, 1.54) is 12.1 Å². The quantitative estimate of drug-likeness (QED) is 0.729. The number of carbonyl (C=O) groups is 4. The molecule has 3 rings (SSSR count). The number of hydroxylamine groups is 2. The highest BCUT2D eigenvalue weighted by molar-refractivity contribution is 6.20. The first-order valence-electron chi connectivity index (χ1n) is 9.41. The van der Waals surface area contributed by atoms with Crippen molar-refractivity contribution in [3.05, 3.63) is 71.3 Å². The molecular weight excluding hydrogens is 372 g/mol. The molecule has 0 aromatic heterocycles. The van der Waals surface area contributed by atoms with E-state index < -0.39 is 23.8 Å². The molecule has 150 valence electrons. The third kappa shape index (κ3) is 4.51. The molecule has 0 saturated heterocycles. The Morgan fingerprint density at radius 1 is 0.931 bits per heavy atom. The van der Waals surface area contributed by atoms with Gasteiger partial charge in [0.2, 0.25) is 5.91 Å². The van der Waals surface area contributed by atoms with Gasteiger partial charge in [0.05, 0.1) is 11.1 Å². The van der Waals surface area contributed by atoms with Crippen LogP contribution in [0.25, 0.3) is 0 Å². The third-order valence-electron chi connectivity index (χ3n) is 4.66. The number of hydrogen-bond donors (Lipinski definition) is 1. The van der Waals surface area contributed by atoms with E-state index in [-0.39, 0.29) is 29.4 Å². The number of aryl methyl sites for hydroxylation is 1. The predicted molar refractivity (Wildman–Crippen MR) is 105 cm³/mol. The van der Waals surface area contributed by atoms with Crippen LogP contribution in [0.5, 0.6) is 0 Å². The summed E-state index contributed by atoms with van der Waals surface area (Å²) in [6.07, 6.45) is 0.735. The highest BCUT2D eigenvalue weighted by Gasteiger charge is 2.40. The molecule has 1 aliphatic rings. The van der Waals surface area contributed by atoms with Crippen molar-refractivity contribution in [3.8, 4) is 0 Å². The van der Waals surface area contributed by atoms with Gasteiger partial charge in [0.1, 0.15) is 6.04 Å². The van der Waals surface area contributed by atoms with Crippen molar-refractivity contribution >= 4 is 23.7 Å². The van der Waals surface area contributed by atoms with E-state index in [1.807, 2.05) is 30.3 Å². The standard InChI is InChI=1S/C22H22N2O5/c1-14(2)19(23-18(25)13-12-15-8-4-3-5-9-15)22(28)29-24-20(26)16-10-6-7-11-17(16)21(24)27/h3-11,14,19H,12-13H2,1-2H3,(H,23,25). The van der Waals surface area contributed by atoms with Crippen LogP contribution in [0.15, 0.2) is 54.6 Å². The van der Waals surface area contributed by atoms with Gasteiger partial charge in [-0.3, -0.25) is 14.4 Å². The molecule has 7 heteroatoms. The fourth-order valence-corrected chi connectivity index (χ4v) is 3.04. The molecule has 0 radical (unpaired) electrons. The lowest BCUT2D eigenvalue weighted by Gasteiger charge is -2.22. The Bertz CT molecular complexity index is 904. The van der Waals surface area contributed by atoms with Crippen molar-refractivity contribution in [1.82, 2.24) is 10.4 Å². The molecular formula is C22H22N2O5. The van der Waals surface area contributed by atoms with Crippen LogP contribution in [0.1, 0.15) is 46.5 Å².